The SMILES string of the molecule is CC(C)OC(C)C.CC(C)OC1CCC1.CC(C)OCCCO.CC(C)OC[C@@H](C)O.CC(O)COC(C)C.CCCCCCOC(C)C.CCCCCOC(C)C.CCCOC(C)C.CCCOCCOC(C)C.COCCCOC(C)C.COCCOC(C)C.COCCOCCOC(C)C. The summed E-state index contributed by atoms with van der Waals surface area (Å²) in [5.74, 6) is 0. The highest BCUT2D eigenvalue weighted by molar-refractivity contribution is 4.69. The molecule has 0 heterocycles. The maximum Gasteiger partial charge on any atom is 0.0745 e. The van der Waals surface area contributed by atoms with Crippen LogP contribution in [0.15, 0.2) is 0 Å². The van der Waals surface area contributed by atoms with Gasteiger partial charge in [0.1, 0.15) is 0 Å². The zero-order valence-corrected chi connectivity index (χ0v) is 75.1. The van der Waals surface area contributed by atoms with Crippen LogP contribution >= 0.6 is 0 Å². The first kappa shape index (κ1) is 126. The fourth-order valence-corrected chi connectivity index (χ4v) is 6.42. The van der Waals surface area contributed by atoms with Crippen molar-refractivity contribution in [3.05, 3.63) is 0 Å². The molecule has 1 fully saturated rings. The molecule has 0 aromatic rings. The molecule has 0 aliphatic heterocycles. The molecule has 1 rings (SSSR count). The summed E-state index contributed by atoms with van der Waals surface area (Å²) in [7, 11) is 5.03. The average Bonchev–Trinajstić information content (AvgIpc) is 0.934. The standard InChI is InChI=1S/C9H20O.C8H18O3.C8H18O2.C8H18O.C7H16O2.C7H14O.4C6H14O2.2C6H14O/c1-4-5-6-7-8-10-9(2)3;1-8(2)11-7-6-10-5-4-9-3;1-4-5-9-6-7-10-8(2)3;1-4-5-6-7-9-8(2)3;1-7(2)9-6-4-5-8-3;1-6(2)8-7-4-3-5-7;1-6(2)8-5-4-7-3;2*1-5(2)8-4-6(3)7;1-6(2)8-5-3-4-7;1-5(2)7-6(3)4;1-4-5-7-6(2)3/h9H,4-8H2,1-3H3;8H,4-7H2,1-3H3;8H,4-7H2,1-3H3;8H,4-7H2,1-3H3;7H,4-6H2,1-3H3;6-7H,3-5H2,1-2H3;6H,4-5H2,1-3H3;2*5-7H,4H2,1-3H3;6-7H,3-5H2,1-2H3;5-6H,1-4H3;6H,4-5H2,1-3H3/t;;;;;;;6-;;;;/m.......1..../s1. The molecule has 0 aromatic heterocycles. The summed E-state index contributed by atoms with van der Waals surface area (Å²) in [6.45, 7) is 77.3. The second kappa shape index (κ2) is 110. The first-order valence-corrected chi connectivity index (χ1v) is 40.4. The van der Waals surface area contributed by atoms with Gasteiger partial charge in [-0.15, -0.1) is 0 Å². The van der Waals surface area contributed by atoms with Gasteiger partial charge in [-0.25, -0.2) is 0 Å². The lowest BCUT2D eigenvalue weighted by atomic mass is 9.96. The molecule has 3 N–H and O–H groups in total. The van der Waals surface area contributed by atoms with Gasteiger partial charge in [0.05, 0.1) is 164 Å². The van der Waals surface area contributed by atoms with Crippen LogP contribution < -0.4 is 0 Å². The molecule has 0 amide bonds. The molecule has 0 radical (unpaired) electrons. The number of methoxy groups -OCH3 is 3. The Balaban J connectivity index is -0.0000000998. The fourth-order valence-electron chi connectivity index (χ4n) is 6.42. The van der Waals surface area contributed by atoms with E-state index in [1.165, 1.54) is 64.2 Å². The molecule has 1 aliphatic rings. The lowest BCUT2D eigenvalue weighted by molar-refractivity contribution is -0.0347. The summed E-state index contributed by atoms with van der Waals surface area (Å²) in [6, 6.07) is 0. The molecule has 1 unspecified atom stereocenters. The Kier molecular flexibility index (Phi) is 134. The van der Waals surface area contributed by atoms with E-state index in [0.29, 0.717) is 133 Å². The number of rotatable bonds is 50. The first-order chi connectivity index (χ1) is 48.3. The smallest absolute Gasteiger partial charge is 0.0745 e. The summed E-state index contributed by atoms with van der Waals surface area (Å²) >= 11 is 0. The van der Waals surface area contributed by atoms with Gasteiger partial charge >= 0.3 is 0 Å². The summed E-state index contributed by atoms with van der Waals surface area (Å²) in [5.41, 5.74) is 0. The van der Waals surface area contributed by atoms with E-state index in [4.69, 9.17) is 95.8 Å². The third-order valence-corrected chi connectivity index (χ3v) is 11.3. The van der Waals surface area contributed by atoms with Crippen molar-refractivity contribution >= 4 is 0 Å². The molecule has 103 heavy (non-hydrogen) atoms. The molecule has 0 aromatic carbocycles. The molecule has 20 heteroatoms. The molecule has 2 atom stereocenters. The number of ether oxygens (including phenoxy) is 17. The number of hydrogen-bond donors (Lipinski definition) is 3. The van der Waals surface area contributed by atoms with Gasteiger partial charge in [-0.05, 0) is 252 Å². The number of unbranched alkanes of at least 4 members (excludes halogenated alkanes) is 5. The van der Waals surface area contributed by atoms with E-state index < -0.39 is 0 Å². The minimum atomic E-state index is -0.336. The van der Waals surface area contributed by atoms with Crippen LogP contribution in [0.3, 0.4) is 0 Å². The highest BCUT2D eigenvalue weighted by Crippen LogP contribution is 2.22. The van der Waals surface area contributed by atoms with Crippen molar-refractivity contribution in [1.29, 1.82) is 0 Å². The minimum Gasteiger partial charge on any atom is -0.396 e. The van der Waals surface area contributed by atoms with Crippen molar-refractivity contribution in [3.63, 3.8) is 0 Å². The van der Waals surface area contributed by atoms with E-state index in [1.807, 2.05) is 125 Å². The minimum absolute atomic E-state index is 0.226. The van der Waals surface area contributed by atoms with Crippen molar-refractivity contribution in [1.82, 2.24) is 0 Å². The molecule has 1 saturated carbocycles. The van der Waals surface area contributed by atoms with Gasteiger partial charge in [0.15, 0.2) is 0 Å². The van der Waals surface area contributed by atoms with Crippen LogP contribution in [0.1, 0.15) is 311 Å². The van der Waals surface area contributed by atoms with Gasteiger partial charge in [-0.1, -0.05) is 59.8 Å². The lowest BCUT2D eigenvalue weighted by Gasteiger charge is -2.27. The average molecular weight is 1510 g/mol. The highest BCUT2D eigenvalue weighted by atomic mass is 16.6. The van der Waals surface area contributed by atoms with E-state index >= 15 is 0 Å². The van der Waals surface area contributed by atoms with E-state index in [-0.39, 0.29) is 31.0 Å². The Morgan fingerprint density at radius 1 is 0.262 bits per heavy atom. The second-order valence-corrected chi connectivity index (χ2v) is 28.2. The second-order valence-electron chi connectivity index (χ2n) is 28.2. The largest absolute Gasteiger partial charge is 0.396 e. The van der Waals surface area contributed by atoms with Gasteiger partial charge in [-0.3, -0.25) is 0 Å². The number of hydrogen-bond acceptors (Lipinski definition) is 20. The maximum absolute atomic E-state index is 8.68. The van der Waals surface area contributed by atoms with Crippen LogP contribution in [0, 0.1) is 0 Å². The predicted molar refractivity (Wildman–Crippen MR) is 437 cm³/mol. The lowest BCUT2D eigenvalue weighted by Crippen LogP contribution is -2.24. The van der Waals surface area contributed by atoms with E-state index in [9.17, 15) is 0 Å². The van der Waals surface area contributed by atoms with Crippen LogP contribution in [0.5, 0.6) is 0 Å². The van der Waals surface area contributed by atoms with Crippen LogP contribution in [0.2, 0.25) is 0 Å². The van der Waals surface area contributed by atoms with E-state index in [0.717, 1.165) is 78.5 Å². The summed E-state index contributed by atoms with van der Waals surface area (Å²) in [4.78, 5) is 0. The van der Waals surface area contributed by atoms with Gasteiger partial charge in [0.2, 0.25) is 0 Å². The molecule has 640 valence electrons. The van der Waals surface area contributed by atoms with Gasteiger partial charge in [0, 0.05) is 74.2 Å². The van der Waals surface area contributed by atoms with Gasteiger partial charge in [-0.2, -0.15) is 0 Å². The normalized spacial score (nSPS) is 12.1. The Bertz CT molecular complexity index is 1230. The van der Waals surface area contributed by atoms with Crippen molar-refractivity contribution in [2.75, 3.05) is 140 Å². The Hall–Kier alpha value is -0.800. The van der Waals surface area contributed by atoms with E-state index in [2.05, 4.69) is 83.1 Å². The zero-order chi connectivity index (χ0) is 81.9. The number of aliphatic hydroxyl groups is 3. The van der Waals surface area contributed by atoms with Crippen LogP contribution in [-0.2, 0) is 80.5 Å². The molecular formula is C83H188O20. The molecule has 20 nitrogen and oxygen atoms in total. The van der Waals surface area contributed by atoms with Crippen molar-refractivity contribution in [3.8, 4) is 0 Å². The quantitative estimate of drug-likeness (QED) is 0.0482. The van der Waals surface area contributed by atoms with Crippen LogP contribution in [-0.4, -0.2) is 253 Å². The molecule has 1 aliphatic carbocycles. The summed E-state index contributed by atoms with van der Waals surface area (Å²) in [5, 5.41) is 25.7. The maximum atomic E-state index is 8.68. The van der Waals surface area contributed by atoms with Crippen molar-refractivity contribution < 1.29 is 95.8 Å². The monoisotopic (exact) mass is 1510 g/mol. The summed E-state index contributed by atoms with van der Waals surface area (Å²) < 4.78 is 87.6. The third kappa shape index (κ3) is 196. The molecular weight excluding hydrogens is 1320 g/mol. The Morgan fingerprint density at radius 3 is 0.786 bits per heavy atom. The van der Waals surface area contributed by atoms with Crippen LogP contribution in [0.4, 0.5) is 0 Å². The highest BCUT2D eigenvalue weighted by Gasteiger charge is 2.18. The molecule has 0 saturated heterocycles. The number of aliphatic hydroxyl groups excluding tert-OH is 3. The van der Waals surface area contributed by atoms with E-state index in [1.54, 1.807) is 35.2 Å². The molecule has 0 spiro atoms. The van der Waals surface area contributed by atoms with Gasteiger partial charge in [0.25, 0.3) is 0 Å². The van der Waals surface area contributed by atoms with Crippen molar-refractivity contribution in [2.45, 2.75) is 409 Å². The summed E-state index contributed by atoms with van der Waals surface area (Å²) in [6.07, 6.45) is 21.3. The fraction of sp³-hybridized carbons (Fsp3) is 1.00. The van der Waals surface area contributed by atoms with Crippen molar-refractivity contribution in [2.24, 2.45) is 0 Å². The van der Waals surface area contributed by atoms with Crippen LogP contribution in [0.25, 0.3) is 0 Å². The Morgan fingerprint density at radius 2 is 0.544 bits per heavy atom. The first-order valence-electron chi connectivity index (χ1n) is 40.4. The molecule has 0 bridgehead atoms. The third-order valence-electron chi connectivity index (χ3n) is 11.3. The topological polar surface area (TPSA) is 218 Å². The zero-order valence-electron chi connectivity index (χ0n) is 75.1. The predicted octanol–water partition coefficient (Wildman–Crippen LogP) is 19.0. The van der Waals surface area contributed by atoms with Gasteiger partial charge < -0.3 is 95.8 Å². The Labute approximate surface area is 642 Å².